The number of carboxylic acid groups (broad SMARTS) is 1. The Kier molecular flexibility index (Phi) is 6.98. The van der Waals surface area contributed by atoms with Gasteiger partial charge in [0.1, 0.15) is 10.0 Å². The Morgan fingerprint density at radius 1 is 1.03 bits per heavy atom. The molecule has 0 saturated carbocycles. The van der Waals surface area contributed by atoms with Crippen LogP contribution >= 0.6 is 11.3 Å². The van der Waals surface area contributed by atoms with Gasteiger partial charge in [-0.2, -0.15) is 0 Å². The largest absolute Gasteiger partial charge is 0.481 e. The highest BCUT2D eigenvalue weighted by Crippen LogP contribution is 2.32. The van der Waals surface area contributed by atoms with Crippen molar-refractivity contribution >= 4 is 38.0 Å². The monoisotopic (exact) mass is 531 g/mol. The molecule has 2 heterocycles. The van der Waals surface area contributed by atoms with E-state index in [0.717, 1.165) is 29.4 Å². The van der Waals surface area contributed by atoms with E-state index in [2.05, 4.69) is 16.8 Å². The smallest absolute Gasteiger partial charge is 0.307 e. The van der Waals surface area contributed by atoms with Gasteiger partial charge in [0, 0.05) is 22.7 Å². The van der Waals surface area contributed by atoms with Crippen LogP contribution < -0.4 is 0 Å². The van der Waals surface area contributed by atoms with Crippen molar-refractivity contribution in [1.29, 1.82) is 0 Å². The molecule has 0 bridgehead atoms. The molecular formula is C26H20F3NO4S2. The molecule has 2 aromatic heterocycles. The third kappa shape index (κ3) is 5.03. The highest BCUT2D eigenvalue weighted by Gasteiger charge is 2.30. The number of halogens is 3. The molecule has 0 unspecified atom stereocenters. The summed E-state index contributed by atoms with van der Waals surface area (Å²) in [6, 6.07) is 10.4. The summed E-state index contributed by atoms with van der Waals surface area (Å²) in [5, 5.41) is 9.40. The number of carboxylic acids is 1. The van der Waals surface area contributed by atoms with Crippen molar-refractivity contribution in [2.24, 2.45) is 5.92 Å². The minimum Gasteiger partial charge on any atom is -0.481 e. The first-order valence-electron chi connectivity index (χ1n) is 10.7. The number of sulfone groups is 1. The number of nitrogens with one attached hydrogen (secondary N) is 1. The second-order valence-electron chi connectivity index (χ2n) is 8.39. The molecule has 4 aromatic rings. The van der Waals surface area contributed by atoms with Crippen molar-refractivity contribution in [1.82, 2.24) is 4.98 Å². The van der Waals surface area contributed by atoms with Crippen LogP contribution in [0.25, 0.3) is 10.9 Å². The number of aryl methyl sites for hydroxylation is 1. The summed E-state index contributed by atoms with van der Waals surface area (Å²) in [6.45, 7) is 3.02. The molecule has 10 heteroatoms. The van der Waals surface area contributed by atoms with Crippen molar-refractivity contribution in [3.63, 3.8) is 0 Å². The minimum atomic E-state index is -4.03. The van der Waals surface area contributed by atoms with Crippen molar-refractivity contribution < 1.29 is 31.5 Å². The normalized spacial score (nSPS) is 12.4. The van der Waals surface area contributed by atoms with E-state index in [0.29, 0.717) is 4.88 Å². The highest BCUT2D eigenvalue weighted by molar-refractivity contribution is 7.93. The van der Waals surface area contributed by atoms with E-state index in [9.17, 15) is 31.5 Å². The molecular weight excluding hydrogens is 511 g/mol. The lowest BCUT2D eigenvalue weighted by molar-refractivity contribution is -0.140. The maximum atomic E-state index is 14.7. The van der Waals surface area contributed by atoms with E-state index >= 15 is 0 Å². The van der Waals surface area contributed by atoms with Gasteiger partial charge in [-0.1, -0.05) is 29.5 Å². The standard InChI is InChI=1S/C26H20F3NO4S2/c1-14-3-5-16(6-4-14)7-8-19-9-10-20(35-19)36(33,34)13-18(26(31)32)11-17-12-30-25-21(17)22(27)15(2)23(28)24(25)29/h3-6,9-10,12,18,30H,11,13H2,1-2H3,(H,31,32)/t18-/m0/s1. The van der Waals surface area contributed by atoms with Gasteiger partial charge in [0.05, 0.1) is 22.1 Å². The molecule has 2 aromatic carbocycles. The molecule has 1 atom stereocenters. The quantitative estimate of drug-likeness (QED) is 0.258. The summed E-state index contributed by atoms with van der Waals surface area (Å²) in [5.74, 6) is -1.42. The number of aromatic amines is 1. The van der Waals surface area contributed by atoms with Gasteiger partial charge in [-0.05, 0) is 50.1 Å². The highest BCUT2D eigenvalue weighted by atomic mass is 32.2. The first-order valence-corrected chi connectivity index (χ1v) is 13.2. The van der Waals surface area contributed by atoms with Gasteiger partial charge in [0.15, 0.2) is 21.5 Å². The van der Waals surface area contributed by atoms with Gasteiger partial charge in [-0.15, -0.1) is 11.3 Å². The fraction of sp³-hybridized carbons (Fsp3) is 0.192. The maximum absolute atomic E-state index is 14.7. The molecule has 0 aliphatic carbocycles. The zero-order valence-electron chi connectivity index (χ0n) is 19.2. The number of aliphatic carboxylic acids is 1. The first kappa shape index (κ1) is 25.5. The van der Waals surface area contributed by atoms with Crippen molar-refractivity contribution in [2.45, 2.75) is 24.5 Å². The summed E-state index contributed by atoms with van der Waals surface area (Å²) >= 11 is 0.922. The van der Waals surface area contributed by atoms with Crippen LogP contribution in [0.2, 0.25) is 0 Å². The Morgan fingerprint density at radius 2 is 1.72 bits per heavy atom. The Hall–Kier alpha value is -3.55. The SMILES string of the molecule is Cc1ccc(C#Cc2ccc(S(=O)(=O)C[C@H](Cc3c[nH]c4c(F)c(F)c(C)c(F)c34)C(=O)O)s2)cc1. The second-order valence-corrected chi connectivity index (χ2v) is 11.7. The lowest BCUT2D eigenvalue weighted by Gasteiger charge is -2.12. The lowest BCUT2D eigenvalue weighted by atomic mass is 9.99. The summed E-state index contributed by atoms with van der Waals surface area (Å²) in [7, 11) is -4.03. The number of thiophene rings is 1. The Labute approximate surface area is 209 Å². The Balaban J connectivity index is 1.58. The molecule has 186 valence electrons. The third-order valence-electron chi connectivity index (χ3n) is 5.76. The van der Waals surface area contributed by atoms with E-state index in [1.54, 1.807) is 6.07 Å². The van der Waals surface area contributed by atoms with Gasteiger partial charge in [0.25, 0.3) is 0 Å². The molecule has 0 saturated heterocycles. The number of benzene rings is 2. The predicted octanol–water partition coefficient (Wildman–Crippen LogP) is 5.38. The van der Waals surface area contributed by atoms with Crippen LogP contribution in [0, 0.1) is 49.1 Å². The summed E-state index contributed by atoms with van der Waals surface area (Å²) < 4.78 is 68.8. The third-order valence-corrected chi connectivity index (χ3v) is 9.16. The van der Waals surface area contributed by atoms with Crippen molar-refractivity contribution in [2.75, 3.05) is 5.75 Å². The van der Waals surface area contributed by atoms with E-state index in [1.807, 2.05) is 31.2 Å². The van der Waals surface area contributed by atoms with Crippen LogP contribution in [0.15, 0.2) is 46.8 Å². The molecule has 0 aliphatic rings. The first-order chi connectivity index (χ1) is 17.0. The molecule has 5 nitrogen and oxygen atoms in total. The van der Waals surface area contributed by atoms with E-state index in [4.69, 9.17) is 0 Å². The Morgan fingerprint density at radius 3 is 2.39 bits per heavy atom. The second kappa shape index (κ2) is 9.84. The van der Waals surface area contributed by atoms with Crippen molar-refractivity contribution in [3.05, 3.63) is 87.2 Å². The fourth-order valence-electron chi connectivity index (χ4n) is 3.76. The molecule has 36 heavy (non-hydrogen) atoms. The number of carbonyl (C=O) groups is 1. The molecule has 2 N–H and O–H groups in total. The number of hydrogen-bond acceptors (Lipinski definition) is 4. The molecule has 0 aliphatic heterocycles. The minimum absolute atomic E-state index is 0.0444. The summed E-state index contributed by atoms with van der Waals surface area (Å²) in [6.07, 6.45) is 0.767. The zero-order chi connectivity index (χ0) is 26.2. The predicted molar refractivity (Wildman–Crippen MR) is 131 cm³/mol. The number of rotatable bonds is 6. The lowest BCUT2D eigenvalue weighted by Crippen LogP contribution is -2.25. The van der Waals surface area contributed by atoms with Gasteiger partial charge < -0.3 is 10.1 Å². The van der Waals surface area contributed by atoms with Crippen LogP contribution in [-0.4, -0.2) is 30.2 Å². The van der Waals surface area contributed by atoms with Gasteiger partial charge >= 0.3 is 5.97 Å². The summed E-state index contributed by atoms with van der Waals surface area (Å²) in [5.41, 5.74) is 0.913. The van der Waals surface area contributed by atoms with Crippen LogP contribution in [0.1, 0.15) is 27.1 Å². The fourth-order valence-corrected chi connectivity index (χ4v) is 6.56. The average molecular weight is 532 g/mol. The number of H-pyrrole nitrogens is 1. The van der Waals surface area contributed by atoms with Crippen LogP contribution in [-0.2, 0) is 21.1 Å². The van der Waals surface area contributed by atoms with E-state index in [1.165, 1.54) is 12.3 Å². The van der Waals surface area contributed by atoms with E-state index < -0.39 is 62.4 Å². The Bertz CT molecular complexity index is 1640. The number of fused-ring (bicyclic) bond motifs is 1. The zero-order valence-corrected chi connectivity index (χ0v) is 20.8. The molecule has 0 amide bonds. The topological polar surface area (TPSA) is 87.2 Å². The van der Waals surface area contributed by atoms with Crippen LogP contribution in [0.3, 0.4) is 0 Å². The van der Waals surface area contributed by atoms with Gasteiger partial charge in [-0.25, -0.2) is 21.6 Å². The number of hydrogen-bond donors (Lipinski definition) is 2. The van der Waals surface area contributed by atoms with Crippen molar-refractivity contribution in [3.8, 4) is 11.8 Å². The van der Waals surface area contributed by atoms with Crippen LogP contribution in [0.4, 0.5) is 13.2 Å². The van der Waals surface area contributed by atoms with Gasteiger partial charge in [0.2, 0.25) is 0 Å². The van der Waals surface area contributed by atoms with Gasteiger partial charge in [-0.3, -0.25) is 4.79 Å². The average Bonchev–Trinajstić information content (AvgIpc) is 3.48. The van der Waals surface area contributed by atoms with Crippen LogP contribution in [0.5, 0.6) is 0 Å². The molecule has 4 rings (SSSR count). The molecule has 0 radical (unpaired) electrons. The number of aromatic nitrogens is 1. The molecule has 0 spiro atoms. The maximum Gasteiger partial charge on any atom is 0.307 e. The summed E-state index contributed by atoms with van der Waals surface area (Å²) in [4.78, 5) is 14.8. The molecule has 0 fully saturated rings. The van der Waals surface area contributed by atoms with E-state index in [-0.39, 0.29) is 15.2 Å².